The van der Waals surface area contributed by atoms with E-state index < -0.39 is 24.5 Å². The second-order valence-electron chi connectivity index (χ2n) is 4.14. The fourth-order valence-corrected chi connectivity index (χ4v) is 3.52. The van der Waals surface area contributed by atoms with E-state index in [-0.39, 0.29) is 11.4 Å². The van der Waals surface area contributed by atoms with E-state index in [0.717, 1.165) is 0 Å². The van der Waals surface area contributed by atoms with Gasteiger partial charge < -0.3 is 5.11 Å². The number of sulfone groups is 1. The Morgan fingerprint density at radius 1 is 1.42 bits per heavy atom. The van der Waals surface area contributed by atoms with Crippen LogP contribution in [-0.2, 0) is 9.84 Å². The van der Waals surface area contributed by atoms with Gasteiger partial charge in [-0.05, 0) is 24.6 Å². The van der Waals surface area contributed by atoms with Crippen LogP contribution in [0.25, 0.3) is 0 Å². The monoisotopic (exact) mass is 351 g/mol. The smallest absolute Gasteiger partial charge is 0.269 e. The van der Waals surface area contributed by atoms with Gasteiger partial charge in [0.25, 0.3) is 5.69 Å². The molecule has 0 radical (unpaired) electrons. The van der Waals surface area contributed by atoms with E-state index in [0.29, 0.717) is 5.56 Å². The van der Waals surface area contributed by atoms with Crippen LogP contribution < -0.4 is 0 Å². The highest BCUT2D eigenvalue weighted by Gasteiger charge is 2.42. The zero-order valence-electron chi connectivity index (χ0n) is 10.4. The quantitative estimate of drug-likeness (QED) is 0.498. The summed E-state index contributed by atoms with van der Waals surface area (Å²) in [6, 6.07) is 5.13. The van der Waals surface area contributed by atoms with Crippen molar-refractivity contribution in [2.75, 3.05) is 5.75 Å². The number of nitro benzene ring substituents is 1. The zero-order valence-corrected chi connectivity index (χ0v) is 12.8. The van der Waals surface area contributed by atoms with Crippen LogP contribution in [0, 0.1) is 10.1 Å². The van der Waals surface area contributed by atoms with E-state index in [9.17, 15) is 23.6 Å². The lowest BCUT2D eigenvalue weighted by atomic mass is 10.1. The molecule has 0 fully saturated rings. The molecule has 0 amide bonds. The Balaban J connectivity index is 3.13. The zero-order chi connectivity index (χ0) is 14.8. The van der Waals surface area contributed by atoms with Crippen molar-refractivity contribution in [2.24, 2.45) is 0 Å². The molecule has 0 aromatic heterocycles. The van der Waals surface area contributed by atoms with Crippen LogP contribution in [0.15, 0.2) is 24.3 Å². The van der Waals surface area contributed by atoms with Gasteiger partial charge in [-0.3, -0.25) is 10.1 Å². The summed E-state index contributed by atoms with van der Waals surface area (Å²) in [5, 5.41) is 20.7. The summed E-state index contributed by atoms with van der Waals surface area (Å²) in [4.78, 5) is 9.96. The Morgan fingerprint density at radius 3 is 2.26 bits per heavy atom. The highest BCUT2D eigenvalue weighted by atomic mass is 79.9. The summed E-state index contributed by atoms with van der Waals surface area (Å²) >= 11 is 3.04. The van der Waals surface area contributed by atoms with Crippen molar-refractivity contribution < 1.29 is 18.4 Å². The Bertz CT molecular complexity index is 567. The molecular weight excluding hydrogens is 338 g/mol. The Hall–Kier alpha value is -0.990. The number of alkyl halides is 1. The highest BCUT2D eigenvalue weighted by Crippen LogP contribution is 2.39. The SMILES string of the molecule is CCS(=O)(=O)[C@@](C)(Br)[C@H](O)c1ccc([N+](=O)[O-])cc1. The van der Waals surface area contributed by atoms with E-state index in [1.54, 1.807) is 0 Å². The summed E-state index contributed by atoms with van der Waals surface area (Å²) in [6.45, 7) is 2.84. The van der Waals surface area contributed by atoms with Crippen molar-refractivity contribution in [1.29, 1.82) is 0 Å². The van der Waals surface area contributed by atoms with E-state index in [1.165, 1.54) is 38.1 Å². The Labute approximate surface area is 119 Å². The molecule has 1 rings (SSSR count). The maximum atomic E-state index is 11.9. The fourth-order valence-electron chi connectivity index (χ4n) is 1.53. The van der Waals surface area contributed by atoms with Gasteiger partial charge in [0.05, 0.1) is 4.92 Å². The third kappa shape index (κ3) is 3.13. The maximum absolute atomic E-state index is 11.9. The van der Waals surface area contributed by atoms with Gasteiger partial charge in [-0.25, -0.2) is 8.42 Å². The van der Waals surface area contributed by atoms with Crippen molar-refractivity contribution in [1.82, 2.24) is 0 Å². The third-order valence-corrected chi connectivity index (χ3v) is 7.01. The second kappa shape index (κ2) is 5.56. The van der Waals surface area contributed by atoms with Gasteiger partial charge in [0.1, 0.15) is 6.10 Å². The summed E-state index contributed by atoms with van der Waals surface area (Å²) in [5.74, 6) is -0.126. The lowest BCUT2D eigenvalue weighted by molar-refractivity contribution is -0.384. The highest BCUT2D eigenvalue weighted by molar-refractivity contribution is 9.11. The third-order valence-electron chi connectivity index (χ3n) is 2.90. The van der Waals surface area contributed by atoms with Crippen LogP contribution in [0.4, 0.5) is 5.69 Å². The molecule has 0 bridgehead atoms. The normalized spacial score (nSPS) is 16.6. The summed E-state index contributed by atoms with van der Waals surface area (Å²) in [5.41, 5.74) is 0.174. The summed E-state index contributed by atoms with van der Waals surface area (Å²) in [7, 11) is -3.54. The molecule has 0 saturated heterocycles. The lowest BCUT2D eigenvalue weighted by Gasteiger charge is -2.28. The predicted molar refractivity (Wildman–Crippen MR) is 74.8 cm³/mol. The number of halogens is 1. The molecule has 8 heteroatoms. The minimum absolute atomic E-state index is 0.120. The standard InChI is InChI=1S/C11H14BrNO5S/c1-3-19(17,18)11(2,12)10(14)8-4-6-9(7-5-8)13(15)16/h4-7,10,14H,3H2,1-2H3/t10-,11-/m1/s1. The second-order valence-corrected chi connectivity index (χ2v) is 8.97. The molecule has 0 unspecified atom stereocenters. The molecule has 0 aliphatic rings. The Kier molecular flexibility index (Phi) is 4.70. The minimum atomic E-state index is -3.54. The van der Waals surface area contributed by atoms with Crippen LogP contribution in [0.3, 0.4) is 0 Å². The molecule has 0 heterocycles. The number of hydrogen-bond donors (Lipinski definition) is 1. The Morgan fingerprint density at radius 2 is 1.89 bits per heavy atom. The first-order valence-electron chi connectivity index (χ1n) is 5.47. The minimum Gasteiger partial charge on any atom is -0.386 e. The van der Waals surface area contributed by atoms with Crippen molar-refractivity contribution in [3.05, 3.63) is 39.9 Å². The van der Waals surface area contributed by atoms with Gasteiger partial charge in [-0.15, -0.1) is 0 Å². The van der Waals surface area contributed by atoms with E-state index in [1.807, 2.05) is 0 Å². The first-order chi connectivity index (χ1) is 8.63. The van der Waals surface area contributed by atoms with E-state index in [4.69, 9.17) is 0 Å². The maximum Gasteiger partial charge on any atom is 0.269 e. The molecule has 0 aliphatic carbocycles. The van der Waals surface area contributed by atoms with Crippen LogP contribution in [0.5, 0.6) is 0 Å². The van der Waals surface area contributed by atoms with Gasteiger partial charge in [0.15, 0.2) is 13.5 Å². The van der Waals surface area contributed by atoms with Crippen molar-refractivity contribution in [2.45, 2.75) is 23.6 Å². The first kappa shape index (κ1) is 16.1. The van der Waals surface area contributed by atoms with Crippen LogP contribution >= 0.6 is 15.9 Å². The molecule has 0 aliphatic heterocycles. The number of aliphatic hydroxyl groups is 1. The number of nitro groups is 1. The molecule has 1 aromatic carbocycles. The van der Waals surface area contributed by atoms with Gasteiger partial charge in [-0.1, -0.05) is 22.9 Å². The molecule has 0 spiro atoms. The number of non-ortho nitro benzene ring substituents is 1. The lowest BCUT2D eigenvalue weighted by Crippen LogP contribution is -2.36. The van der Waals surface area contributed by atoms with Gasteiger partial charge in [0, 0.05) is 17.9 Å². The predicted octanol–water partition coefficient (Wildman–Crippen LogP) is 2.17. The molecular formula is C11H14BrNO5S. The molecule has 106 valence electrons. The average molecular weight is 352 g/mol. The summed E-state index contributed by atoms with van der Waals surface area (Å²) in [6.07, 6.45) is -1.32. The summed E-state index contributed by atoms with van der Waals surface area (Å²) < 4.78 is 22.3. The largest absolute Gasteiger partial charge is 0.386 e. The van der Waals surface area contributed by atoms with Gasteiger partial charge in [0.2, 0.25) is 0 Å². The molecule has 0 saturated carbocycles. The molecule has 1 aromatic rings. The van der Waals surface area contributed by atoms with Crippen molar-refractivity contribution in [3.8, 4) is 0 Å². The number of aliphatic hydroxyl groups excluding tert-OH is 1. The van der Waals surface area contributed by atoms with E-state index in [2.05, 4.69) is 15.9 Å². The fraction of sp³-hybridized carbons (Fsp3) is 0.455. The van der Waals surface area contributed by atoms with Gasteiger partial charge >= 0.3 is 0 Å². The van der Waals surface area contributed by atoms with Crippen molar-refractivity contribution in [3.63, 3.8) is 0 Å². The van der Waals surface area contributed by atoms with Crippen LogP contribution in [0.1, 0.15) is 25.5 Å². The number of nitrogens with zero attached hydrogens (tertiary/aromatic N) is 1. The molecule has 1 N–H and O–H groups in total. The van der Waals surface area contributed by atoms with E-state index >= 15 is 0 Å². The molecule has 6 nitrogen and oxygen atoms in total. The topological polar surface area (TPSA) is 97.5 Å². The van der Waals surface area contributed by atoms with Gasteiger partial charge in [-0.2, -0.15) is 0 Å². The average Bonchev–Trinajstić information content (AvgIpc) is 2.37. The molecule has 2 atom stereocenters. The first-order valence-corrected chi connectivity index (χ1v) is 7.91. The number of hydrogen-bond acceptors (Lipinski definition) is 5. The molecule has 19 heavy (non-hydrogen) atoms. The van der Waals surface area contributed by atoms with Crippen molar-refractivity contribution >= 4 is 31.5 Å². The van der Waals surface area contributed by atoms with Crippen LogP contribution in [-0.4, -0.2) is 27.9 Å². The van der Waals surface area contributed by atoms with Crippen LogP contribution in [0.2, 0.25) is 0 Å². The number of benzene rings is 1. The number of rotatable bonds is 5.